The second-order valence-corrected chi connectivity index (χ2v) is 4.25. The van der Waals surface area contributed by atoms with Gasteiger partial charge in [-0.3, -0.25) is 0 Å². The molecule has 0 spiro atoms. The summed E-state index contributed by atoms with van der Waals surface area (Å²) in [6.07, 6.45) is 0. The highest BCUT2D eigenvalue weighted by atomic mass is 16.3. The summed E-state index contributed by atoms with van der Waals surface area (Å²) in [5.74, 6) is 0.990. The Morgan fingerprint density at radius 3 is 3.00 bits per heavy atom. The molecule has 92 valence electrons. The van der Waals surface area contributed by atoms with Gasteiger partial charge in [-0.05, 0) is 25.1 Å². The molecule has 2 rings (SSSR count). The first-order valence-electron chi connectivity index (χ1n) is 5.65. The number of benzene rings is 1. The average molecular weight is 234 g/mol. The maximum Gasteiger partial charge on any atom is 0.106 e. The number of imidazole rings is 1. The van der Waals surface area contributed by atoms with E-state index in [-0.39, 0.29) is 12.6 Å². The lowest BCUT2D eigenvalue weighted by Crippen LogP contribution is -2.32. The van der Waals surface area contributed by atoms with E-state index >= 15 is 0 Å². The van der Waals surface area contributed by atoms with E-state index in [2.05, 4.69) is 14.9 Å². The van der Waals surface area contributed by atoms with E-state index < -0.39 is 0 Å². The predicted octanol–water partition coefficient (Wildman–Crippen LogP) is 0.613. The molecule has 0 saturated heterocycles. The maximum absolute atomic E-state index is 8.84. The molecular formula is C12H18N4O. The van der Waals surface area contributed by atoms with Crippen molar-refractivity contribution < 1.29 is 5.11 Å². The summed E-state index contributed by atoms with van der Waals surface area (Å²) < 4.78 is 2.05. The minimum Gasteiger partial charge on any atom is -0.395 e. The number of aryl methyl sites for hydroxylation is 2. The molecule has 0 aliphatic rings. The predicted molar refractivity (Wildman–Crippen MR) is 69.0 cm³/mol. The molecule has 5 nitrogen and oxygen atoms in total. The molecule has 0 fully saturated rings. The van der Waals surface area contributed by atoms with Gasteiger partial charge in [-0.2, -0.15) is 0 Å². The SMILES string of the molecule is Cc1nc2cc(NCC(N)CO)ccc2n1C. The van der Waals surface area contributed by atoms with Crippen LogP contribution in [0.4, 0.5) is 5.69 Å². The van der Waals surface area contributed by atoms with Crippen molar-refractivity contribution in [2.24, 2.45) is 12.8 Å². The molecule has 0 bridgehead atoms. The number of aliphatic hydroxyl groups excluding tert-OH is 1. The van der Waals surface area contributed by atoms with E-state index in [1.54, 1.807) is 0 Å². The van der Waals surface area contributed by atoms with Crippen LogP contribution in [0.5, 0.6) is 0 Å². The zero-order valence-electron chi connectivity index (χ0n) is 10.1. The van der Waals surface area contributed by atoms with Gasteiger partial charge in [0, 0.05) is 25.3 Å². The van der Waals surface area contributed by atoms with Gasteiger partial charge in [0.25, 0.3) is 0 Å². The number of hydrogen-bond donors (Lipinski definition) is 3. The molecular weight excluding hydrogens is 216 g/mol. The lowest BCUT2D eigenvalue weighted by atomic mass is 10.2. The number of rotatable bonds is 4. The zero-order chi connectivity index (χ0) is 12.4. The third kappa shape index (κ3) is 2.40. The Labute approximate surface area is 100 Å². The Balaban J connectivity index is 2.20. The maximum atomic E-state index is 8.84. The molecule has 0 aliphatic heterocycles. The Bertz CT molecular complexity index is 520. The lowest BCUT2D eigenvalue weighted by Gasteiger charge is -2.10. The Hall–Kier alpha value is -1.59. The van der Waals surface area contributed by atoms with E-state index in [9.17, 15) is 0 Å². The minimum absolute atomic E-state index is 0.0159. The summed E-state index contributed by atoms with van der Waals surface area (Å²) >= 11 is 0. The third-order valence-corrected chi connectivity index (χ3v) is 2.91. The number of hydrogen-bond acceptors (Lipinski definition) is 4. The van der Waals surface area contributed by atoms with Crippen molar-refractivity contribution in [1.82, 2.24) is 9.55 Å². The van der Waals surface area contributed by atoms with Crippen LogP contribution in [0.1, 0.15) is 5.82 Å². The summed E-state index contributed by atoms with van der Waals surface area (Å²) in [6, 6.07) is 5.78. The normalized spacial score (nSPS) is 12.9. The minimum atomic E-state index is -0.240. The van der Waals surface area contributed by atoms with E-state index in [1.165, 1.54) is 0 Å². The molecule has 4 N–H and O–H groups in total. The number of fused-ring (bicyclic) bond motifs is 1. The van der Waals surface area contributed by atoms with Crippen LogP contribution in [0.25, 0.3) is 11.0 Å². The smallest absolute Gasteiger partial charge is 0.106 e. The van der Waals surface area contributed by atoms with E-state index in [4.69, 9.17) is 10.8 Å². The number of nitrogens with zero attached hydrogens (tertiary/aromatic N) is 2. The fourth-order valence-electron chi connectivity index (χ4n) is 1.74. The van der Waals surface area contributed by atoms with Gasteiger partial charge in [0.1, 0.15) is 5.82 Å². The quantitative estimate of drug-likeness (QED) is 0.724. The Morgan fingerprint density at radius 1 is 1.53 bits per heavy atom. The van der Waals surface area contributed by atoms with Gasteiger partial charge in [-0.25, -0.2) is 4.98 Å². The summed E-state index contributed by atoms with van der Waals surface area (Å²) in [4.78, 5) is 4.46. The molecule has 0 saturated carbocycles. The van der Waals surface area contributed by atoms with Crippen molar-refractivity contribution in [2.75, 3.05) is 18.5 Å². The number of nitrogens with two attached hydrogens (primary N) is 1. The molecule has 0 radical (unpaired) electrons. The lowest BCUT2D eigenvalue weighted by molar-refractivity contribution is 0.270. The molecule has 17 heavy (non-hydrogen) atoms. The second-order valence-electron chi connectivity index (χ2n) is 4.25. The molecule has 0 amide bonds. The highest BCUT2D eigenvalue weighted by Crippen LogP contribution is 2.19. The van der Waals surface area contributed by atoms with Crippen molar-refractivity contribution in [1.29, 1.82) is 0 Å². The summed E-state index contributed by atoms with van der Waals surface area (Å²) in [5, 5.41) is 12.0. The van der Waals surface area contributed by atoms with Crippen LogP contribution in [0.2, 0.25) is 0 Å². The summed E-state index contributed by atoms with van der Waals surface area (Å²) in [7, 11) is 2.00. The number of aromatic nitrogens is 2. The number of nitrogens with one attached hydrogen (secondary N) is 1. The van der Waals surface area contributed by atoms with Crippen LogP contribution in [-0.2, 0) is 7.05 Å². The van der Waals surface area contributed by atoms with Gasteiger partial charge < -0.3 is 20.7 Å². The topological polar surface area (TPSA) is 76.1 Å². The standard InChI is InChI=1S/C12H18N4O/c1-8-15-11-5-10(14-6-9(13)7-17)3-4-12(11)16(8)2/h3-5,9,14,17H,6-7,13H2,1-2H3. The first kappa shape index (κ1) is 11.9. The van der Waals surface area contributed by atoms with E-state index in [1.807, 2.05) is 32.2 Å². The third-order valence-electron chi connectivity index (χ3n) is 2.91. The highest BCUT2D eigenvalue weighted by molar-refractivity contribution is 5.80. The number of anilines is 1. The monoisotopic (exact) mass is 234 g/mol. The average Bonchev–Trinajstić information content (AvgIpc) is 2.62. The zero-order valence-corrected chi connectivity index (χ0v) is 10.1. The Morgan fingerprint density at radius 2 is 2.29 bits per heavy atom. The summed E-state index contributed by atoms with van der Waals surface area (Å²) in [5.41, 5.74) is 8.68. The summed E-state index contributed by atoms with van der Waals surface area (Å²) in [6.45, 7) is 2.51. The molecule has 5 heteroatoms. The fraction of sp³-hybridized carbons (Fsp3) is 0.417. The van der Waals surface area contributed by atoms with Crippen molar-refractivity contribution in [3.8, 4) is 0 Å². The van der Waals surface area contributed by atoms with Gasteiger partial charge in [0.05, 0.1) is 17.6 Å². The van der Waals surface area contributed by atoms with E-state index in [0.29, 0.717) is 6.54 Å². The van der Waals surface area contributed by atoms with Crippen LogP contribution >= 0.6 is 0 Å². The van der Waals surface area contributed by atoms with Crippen molar-refractivity contribution in [3.63, 3.8) is 0 Å². The number of aliphatic hydroxyl groups is 1. The van der Waals surface area contributed by atoms with Crippen molar-refractivity contribution in [3.05, 3.63) is 24.0 Å². The van der Waals surface area contributed by atoms with Crippen molar-refractivity contribution >= 4 is 16.7 Å². The Kier molecular flexibility index (Phi) is 3.31. The van der Waals surface area contributed by atoms with E-state index in [0.717, 1.165) is 22.5 Å². The molecule has 2 aromatic rings. The molecule has 0 aliphatic carbocycles. The second kappa shape index (κ2) is 4.73. The van der Waals surface area contributed by atoms with Crippen LogP contribution in [0, 0.1) is 6.92 Å². The molecule has 1 heterocycles. The first-order valence-corrected chi connectivity index (χ1v) is 5.65. The van der Waals surface area contributed by atoms with Crippen LogP contribution in [-0.4, -0.2) is 33.9 Å². The van der Waals surface area contributed by atoms with Gasteiger partial charge in [0.15, 0.2) is 0 Å². The van der Waals surface area contributed by atoms with Gasteiger partial charge in [-0.1, -0.05) is 0 Å². The highest BCUT2D eigenvalue weighted by Gasteiger charge is 2.05. The van der Waals surface area contributed by atoms with Crippen LogP contribution in [0.15, 0.2) is 18.2 Å². The molecule has 1 aromatic heterocycles. The molecule has 1 aromatic carbocycles. The molecule has 1 atom stereocenters. The molecule has 1 unspecified atom stereocenters. The van der Waals surface area contributed by atoms with Gasteiger partial charge >= 0.3 is 0 Å². The largest absolute Gasteiger partial charge is 0.395 e. The van der Waals surface area contributed by atoms with Gasteiger partial charge in [0.2, 0.25) is 0 Å². The van der Waals surface area contributed by atoms with Crippen LogP contribution < -0.4 is 11.1 Å². The van der Waals surface area contributed by atoms with Gasteiger partial charge in [-0.15, -0.1) is 0 Å². The van der Waals surface area contributed by atoms with Crippen molar-refractivity contribution in [2.45, 2.75) is 13.0 Å². The first-order chi connectivity index (χ1) is 8.11. The fourth-order valence-corrected chi connectivity index (χ4v) is 1.74. The van der Waals surface area contributed by atoms with Crippen LogP contribution in [0.3, 0.4) is 0 Å².